The standard InChI is InChI=1S/C50H49N/c1-49-31-11-18-43-42-17-10-16-41-40-30-29-39(32-46(40)50(47(41)42,48(43)49)45-20-9-8-19-44(45)49)51(37-25-21-35(22-26-37)33-12-4-2-5-13-33)38-27-23-36(24-28-38)34-14-6-3-7-15-34/h2,4,6,8,10-11,14-17,19,21-29,31-33,40,43-45,48H,3,5,7,9,12-13,18,20,30H2,1H3. The van der Waals surface area contributed by atoms with Crippen LogP contribution in [-0.4, -0.2) is 0 Å². The quantitative estimate of drug-likeness (QED) is 0.246. The number of fused-ring (bicyclic) bond motifs is 5. The van der Waals surface area contributed by atoms with Crippen LogP contribution in [0.25, 0.3) is 5.57 Å². The molecule has 0 aromatic heterocycles. The number of benzene rings is 3. The zero-order valence-electron chi connectivity index (χ0n) is 30.0. The number of rotatable bonds is 5. The molecule has 51 heavy (non-hydrogen) atoms. The van der Waals surface area contributed by atoms with Crippen LogP contribution in [-0.2, 0) is 5.41 Å². The predicted octanol–water partition coefficient (Wildman–Crippen LogP) is 12.9. The van der Waals surface area contributed by atoms with Gasteiger partial charge in [-0.1, -0.05) is 110 Å². The van der Waals surface area contributed by atoms with Crippen molar-refractivity contribution in [1.82, 2.24) is 0 Å². The summed E-state index contributed by atoms with van der Waals surface area (Å²) in [7, 11) is 0. The van der Waals surface area contributed by atoms with Gasteiger partial charge >= 0.3 is 0 Å². The van der Waals surface area contributed by atoms with Crippen LogP contribution >= 0.6 is 0 Å². The minimum absolute atomic E-state index is 0.128. The van der Waals surface area contributed by atoms with E-state index in [1.165, 1.54) is 65.9 Å². The maximum Gasteiger partial charge on any atom is 0.0461 e. The molecule has 8 aliphatic carbocycles. The summed E-state index contributed by atoms with van der Waals surface area (Å²) in [4.78, 5) is 2.59. The minimum Gasteiger partial charge on any atom is -0.311 e. The first-order valence-corrected chi connectivity index (χ1v) is 20.1. The third kappa shape index (κ3) is 4.15. The molecule has 0 bridgehead atoms. The van der Waals surface area contributed by atoms with Gasteiger partial charge in [0.15, 0.2) is 0 Å². The monoisotopic (exact) mass is 663 g/mol. The van der Waals surface area contributed by atoms with Crippen molar-refractivity contribution in [3.63, 3.8) is 0 Å². The third-order valence-corrected chi connectivity index (χ3v) is 14.8. The number of hydrogen-bond donors (Lipinski definition) is 0. The van der Waals surface area contributed by atoms with Gasteiger partial charge < -0.3 is 4.90 Å². The lowest BCUT2D eigenvalue weighted by molar-refractivity contribution is 0.189. The van der Waals surface area contributed by atoms with Gasteiger partial charge in [0.1, 0.15) is 0 Å². The summed E-state index contributed by atoms with van der Waals surface area (Å²) in [5.74, 6) is 3.64. The molecule has 0 radical (unpaired) electrons. The Morgan fingerprint density at radius 3 is 2.33 bits per heavy atom. The van der Waals surface area contributed by atoms with Crippen LogP contribution in [0.15, 0.2) is 145 Å². The van der Waals surface area contributed by atoms with Gasteiger partial charge in [-0.15, -0.1) is 0 Å². The second kappa shape index (κ2) is 11.3. The first-order chi connectivity index (χ1) is 25.2. The maximum absolute atomic E-state index is 2.72. The van der Waals surface area contributed by atoms with E-state index in [0.717, 1.165) is 25.7 Å². The molecule has 0 heterocycles. The number of nitrogens with zero attached hydrogens (tertiary/aromatic N) is 1. The molecule has 0 N–H and O–H groups in total. The van der Waals surface area contributed by atoms with Gasteiger partial charge in [-0.25, -0.2) is 0 Å². The van der Waals surface area contributed by atoms with E-state index >= 15 is 0 Å². The lowest BCUT2D eigenvalue weighted by Gasteiger charge is -2.44. The highest BCUT2D eigenvalue weighted by Crippen LogP contribution is 2.80. The second-order valence-corrected chi connectivity index (χ2v) is 17.0. The summed E-state index contributed by atoms with van der Waals surface area (Å²) in [6.07, 6.45) is 38.1. The van der Waals surface area contributed by atoms with Crippen LogP contribution in [0.5, 0.6) is 0 Å². The van der Waals surface area contributed by atoms with Crippen LogP contribution in [0.2, 0.25) is 0 Å². The Bertz CT molecular complexity index is 2130. The van der Waals surface area contributed by atoms with Gasteiger partial charge in [-0.05, 0) is 162 Å². The molecule has 0 saturated heterocycles. The third-order valence-electron chi connectivity index (χ3n) is 14.8. The van der Waals surface area contributed by atoms with E-state index in [9.17, 15) is 0 Å². The molecule has 0 aliphatic heterocycles. The van der Waals surface area contributed by atoms with E-state index in [1.807, 2.05) is 0 Å². The summed E-state index contributed by atoms with van der Waals surface area (Å²) >= 11 is 0. The Morgan fingerprint density at radius 2 is 1.53 bits per heavy atom. The first-order valence-electron chi connectivity index (χ1n) is 20.1. The van der Waals surface area contributed by atoms with E-state index in [4.69, 9.17) is 0 Å². The van der Waals surface area contributed by atoms with Crippen molar-refractivity contribution < 1.29 is 0 Å². The lowest BCUT2D eigenvalue weighted by Crippen LogP contribution is -2.40. The van der Waals surface area contributed by atoms with Crippen LogP contribution in [0.1, 0.15) is 110 Å². The molecule has 1 spiro atoms. The molecule has 8 unspecified atom stereocenters. The van der Waals surface area contributed by atoms with Gasteiger partial charge in [-0.3, -0.25) is 0 Å². The number of anilines is 2. The Labute approximate surface area is 304 Å². The molecule has 3 aromatic carbocycles. The molecule has 1 heteroatoms. The summed E-state index contributed by atoms with van der Waals surface area (Å²) in [5, 5.41) is 0. The Balaban J connectivity index is 1.06. The maximum atomic E-state index is 2.72. The first kappa shape index (κ1) is 30.3. The average molecular weight is 664 g/mol. The smallest absolute Gasteiger partial charge is 0.0461 e. The highest BCUT2D eigenvalue weighted by atomic mass is 15.1. The molecule has 1 fully saturated rings. The van der Waals surface area contributed by atoms with Gasteiger partial charge in [0.25, 0.3) is 0 Å². The van der Waals surface area contributed by atoms with Crippen LogP contribution in [0.3, 0.4) is 0 Å². The lowest BCUT2D eigenvalue weighted by atomic mass is 9.59. The van der Waals surface area contributed by atoms with Gasteiger partial charge in [-0.2, -0.15) is 0 Å². The summed E-state index contributed by atoms with van der Waals surface area (Å²) < 4.78 is 0. The van der Waals surface area contributed by atoms with E-state index in [0.29, 0.717) is 35.5 Å². The van der Waals surface area contributed by atoms with Crippen molar-refractivity contribution in [2.75, 3.05) is 4.90 Å². The van der Waals surface area contributed by atoms with Crippen LogP contribution in [0, 0.1) is 23.2 Å². The number of hydrogen-bond acceptors (Lipinski definition) is 1. The normalized spacial score (nSPS) is 34.6. The van der Waals surface area contributed by atoms with Crippen molar-refractivity contribution in [3.05, 3.63) is 173 Å². The van der Waals surface area contributed by atoms with Crippen LogP contribution < -0.4 is 4.90 Å². The fraction of sp³-hybridized carbons (Fsp3) is 0.360. The Morgan fingerprint density at radius 1 is 0.706 bits per heavy atom. The van der Waals surface area contributed by atoms with Crippen molar-refractivity contribution in [2.45, 2.75) is 87.9 Å². The molecule has 8 atom stereocenters. The van der Waals surface area contributed by atoms with Crippen molar-refractivity contribution in [1.29, 1.82) is 0 Å². The van der Waals surface area contributed by atoms with Crippen molar-refractivity contribution in [2.24, 2.45) is 23.2 Å². The minimum atomic E-state index is 0.128. The largest absolute Gasteiger partial charge is 0.311 e. The zero-order chi connectivity index (χ0) is 33.7. The van der Waals surface area contributed by atoms with E-state index in [2.05, 4.69) is 145 Å². The zero-order valence-corrected chi connectivity index (χ0v) is 30.0. The molecular formula is C50H49N. The molecular weight excluding hydrogens is 615 g/mol. The van der Waals surface area contributed by atoms with E-state index < -0.39 is 0 Å². The molecule has 254 valence electrons. The van der Waals surface area contributed by atoms with Crippen molar-refractivity contribution in [3.8, 4) is 0 Å². The predicted molar refractivity (Wildman–Crippen MR) is 212 cm³/mol. The molecule has 8 aliphatic rings. The van der Waals surface area contributed by atoms with E-state index in [-0.39, 0.29) is 10.8 Å². The second-order valence-electron chi connectivity index (χ2n) is 17.0. The molecule has 1 nitrogen and oxygen atoms in total. The topological polar surface area (TPSA) is 3.24 Å². The van der Waals surface area contributed by atoms with Crippen molar-refractivity contribution >= 4 is 16.9 Å². The van der Waals surface area contributed by atoms with Gasteiger partial charge in [0.05, 0.1) is 0 Å². The summed E-state index contributed by atoms with van der Waals surface area (Å²) in [5.41, 5.74) is 15.2. The molecule has 3 aromatic rings. The SMILES string of the molecule is CC12C=CCC3c4cccc5c4C(C4=CC(N(c6ccc(C7=CCCC=C7)cc6)c6ccc(C7CC=CCC7)cc6)=CCC45)(C4CCC=CC41)C32. The fourth-order valence-corrected chi connectivity index (χ4v) is 12.9. The Hall–Kier alpha value is -4.36. The molecule has 1 saturated carbocycles. The average Bonchev–Trinajstić information content (AvgIpc) is 3.77. The summed E-state index contributed by atoms with van der Waals surface area (Å²) in [6.45, 7) is 2.63. The van der Waals surface area contributed by atoms with Crippen LogP contribution in [0.4, 0.5) is 11.4 Å². The fourth-order valence-electron chi connectivity index (χ4n) is 12.9. The Kier molecular flexibility index (Phi) is 6.72. The van der Waals surface area contributed by atoms with Gasteiger partial charge in [0.2, 0.25) is 0 Å². The molecule has 0 amide bonds. The van der Waals surface area contributed by atoms with E-state index in [1.54, 1.807) is 22.3 Å². The highest BCUT2D eigenvalue weighted by Gasteiger charge is 2.74. The van der Waals surface area contributed by atoms with Gasteiger partial charge in [0, 0.05) is 28.4 Å². The molecule has 11 rings (SSSR count). The number of allylic oxidation sites excluding steroid dienone is 13. The summed E-state index contributed by atoms with van der Waals surface area (Å²) in [6, 6.07) is 26.5. The highest BCUT2D eigenvalue weighted by molar-refractivity contribution is 5.79.